The molecular weight excluding hydrogens is 316 g/mol. The van der Waals surface area contributed by atoms with Crippen LogP contribution < -0.4 is 5.32 Å². The Kier molecular flexibility index (Phi) is 4.50. The third-order valence-electron chi connectivity index (χ3n) is 2.72. The number of halogens is 3. The molecule has 19 heavy (non-hydrogen) atoms. The molecule has 0 atom stereocenters. The molecule has 2 rings (SSSR count). The maximum Gasteiger partial charge on any atom is 0.134 e. The third-order valence-corrected chi connectivity index (χ3v) is 3.36. The molecule has 0 saturated carbocycles. The summed E-state index contributed by atoms with van der Waals surface area (Å²) < 4.78 is 26.7. The lowest BCUT2D eigenvalue weighted by molar-refractivity contribution is 0.460. The quantitative estimate of drug-likeness (QED) is 0.896. The zero-order chi connectivity index (χ0) is 13.8. The largest absolute Gasteiger partial charge is 0.506 e. The van der Waals surface area contributed by atoms with Gasteiger partial charge in [0.1, 0.15) is 17.4 Å². The van der Waals surface area contributed by atoms with Crippen molar-refractivity contribution in [2.24, 2.45) is 0 Å². The third kappa shape index (κ3) is 3.52. The maximum atomic E-state index is 13.4. The summed E-state index contributed by atoms with van der Waals surface area (Å²) in [4.78, 5) is 0. The van der Waals surface area contributed by atoms with E-state index in [9.17, 15) is 13.9 Å². The SMILES string of the molecule is Oc1c(Br)cccc1CNCc1ccc(F)cc1F. The fourth-order valence-electron chi connectivity index (χ4n) is 1.70. The van der Waals surface area contributed by atoms with Crippen LogP contribution in [0, 0.1) is 11.6 Å². The van der Waals surface area contributed by atoms with Crippen LogP contribution in [0.3, 0.4) is 0 Å². The van der Waals surface area contributed by atoms with E-state index in [2.05, 4.69) is 21.2 Å². The van der Waals surface area contributed by atoms with Crippen LogP contribution in [-0.4, -0.2) is 5.11 Å². The van der Waals surface area contributed by atoms with Crippen molar-refractivity contribution < 1.29 is 13.9 Å². The molecule has 2 N–H and O–H groups in total. The summed E-state index contributed by atoms with van der Waals surface area (Å²) in [5, 5.41) is 12.8. The lowest BCUT2D eigenvalue weighted by atomic mass is 10.1. The first-order chi connectivity index (χ1) is 9.08. The molecular formula is C14H12BrF2NO. The van der Waals surface area contributed by atoms with Gasteiger partial charge in [-0.2, -0.15) is 0 Å². The summed E-state index contributed by atoms with van der Waals surface area (Å²) in [5.41, 5.74) is 1.09. The zero-order valence-corrected chi connectivity index (χ0v) is 11.5. The lowest BCUT2D eigenvalue weighted by Gasteiger charge is -2.08. The highest BCUT2D eigenvalue weighted by Gasteiger charge is 2.06. The topological polar surface area (TPSA) is 32.3 Å². The second kappa shape index (κ2) is 6.12. The zero-order valence-electron chi connectivity index (χ0n) is 9.96. The van der Waals surface area contributed by atoms with Crippen LogP contribution in [0.4, 0.5) is 8.78 Å². The molecule has 0 amide bonds. The van der Waals surface area contributed by atoms with Crippen LogP contribution in [0.5, 0.6) is 5.75 Å². The van der Waals surface area contributed by atoms with E-state index in [1.54, 1.807) is 18.2 Å². The average molecular weight is 328 g/mol. The standard InChI is InChI=1S/C14H12BrF2NO/c15-12-3-1-2-10(14(12)19)8-18-7-9-4-5-11(16)6-13(9)17/h1-6,18-19H,7-8H2. The number of benzene rings is 2. The van der Waals surface area contributed by atoms with Crippen LogP contribution in [0.2, 0.25) is 0 Å². The lowest BCUT2D eigenvalue weighted by Crippen LogP contribution is -2.14. The molecule has 2 aromatic carbocycles. The molecule has 5 heteroatoms. The molecule has 0 aliphatic carbocycles. The Hall–Kier alpha value is -1.46. The highest BCUT2D eigenvalue weighted by Crippen LogP contribution is 2.27. The first-order valence-corrected chi connectivity index (χ1v) is 6.48. The van der Waals surface area contributed by atoms with Gasteiger partial charge < -0.3 is 10.4 Å². The molecule has 0 unspecified atom stereocenters. The van der Waals surface area contributed by atoms with E-state index >= 15 is 0 Å². The van der Waals surface area contributed by atoms with Gasteiger partial charge in [-0.1, -0.05) is 18.2 Å². The van der Waals surface area contributed by atoms with Crippen molar-refractivity contribution in [2.45, 2.75) is 13.1 Å². The summed E-state index contributed by atoms with van der Waals surface area (Å²) in [6.07, 6.45) is 0. The fourth-order valence-corrected chi connectivity index (χ4v) is 2.11. The fraction of sp³-hybridized carbons (Fsp3) is 0.143. The molecule has 0 saturated heterocycles. The van der Waals surface area contributed by atoms with E-state index in [1.165, 1.54) is 12.1 Å². The Morgan fingerprint density at radius 3 is 2.53 bits per heavy atom. The number of hydrogen-bond donors (Lipinski definition) is 2. The molecule has 0 aromatic heterocycles. The van der Waals surface area contributed by atoms with Gasteiger partial charge >= 0.3 is 0 Å². The molecule has 100 valence electrons. The van der Waals surface area contributed by atoms with Crippen molar-refractivity contribution in [3.8, 4) is 5.75 Å². The Bertz CT molecular complexity index is 590. The number of rotatable bonds is 4. The second-order valence-electron chi connectivity index (χ2n) is 4.09. The van der Waals surface area contributed by atoms with Crippen molar-refractivity contribution in [1.29, 1.82) is 0 Å². The number of phenols is 1. The molecule has 0 bridgehead atoms. The van der Waals surface area contributed by atoms with Gasteiger partial charge in [0.05, 0.1) is 4.47 Å². The van der Waals surface area contributed by atoms with Gasteiger partial charge in [0.15, 0.2) is 0 Å². The van der Waals surface area contributed by atoms with Gasteiger partial charge in [0.25, 0.3) is 0 Å². The van der Waals surface area contributed by atoms with Gasteiger partial charge in [-0.15, -0.1) is 0 Å². The van der Waals surface area contributed by atoms with Crippen molar-refractivity contribution in [3.63, 3.8) is 0 Å². The molecule has 0 fully saturated rings. The molecule has 0 spiro atoms. The van der Waals surface area contributed by atoms with Crippen LogP contribution in [-0.2, 0) is 13.1 Å². The average Bonchev–Trinajstić information content (AvgIpc) is 2.37. The minimum absolute atomic E-state index is 0.162. The number of phenolic OH excluding ortho intramolecular Hbond substituents is 1. The number of aromatic hydroxyl groups is 1. The normalized spacial score (nSPS) is 10.7. The summed E-state index contributed by atoms with van der Waals surface area (Å²) in [6.45, 7) is 0.653. The number of nitrogens with one attached hydrogen (secondary N) is 1. The molecule has 2 nitrogen and oxygen atoms in total. The Morgan fingerprint density at radius 1 is 1.05 bits per heavy atom. The van der Waals surface area contributed by atoms with E-state index in [0.717, 1.165) is 6.07 Å². The van der Waals surface area contributed by atoms with Gasteiger partial charge in [-0.05, 0) is 28.1 Å². The monoisotopic (exact) mass is 327 g/mol. The van der Waals surface area contributed by atoms with E-state index in [-0.39, 0.29) is 12.3 Å². The first kappa shape index (κ1) is 14.0. The van der Waals surface area contributed by atoms with E-state index in [0.29, 0.717) is 22.1 Å². The number of para-hydroxylation sites is 1. The van der Waals surface area contributed by atoms with Crippen LogP contribution in [0.15, 0.2) is 40.9 Å². The van der Waals surface area contributed by atoms with Crippen LogP contribution >= 0.6 is 15.9 Å². The van der Waals surface area contributed by atoms with Crippen molar-refractivity contribution in [2.75, 3.05) is 0 Å². The highest BCUT2D eigenvalue weighted by molar-refractivity contribution is 9.10. The van der Waals surface area contributed by atoms with Crippen molar-refractivity contribution >= 4 is 15.9 Å². The second-order valence-corrected chi connectivity index (χ2v) is 4.94. The predicted molar refractivity (Wildman–Crippen MR) is 72.7 cm³/mol. The molecule has 0 aliphatic rings. The molecule has 0 heterocycles. The Labute approximate surface area is 118 Å². The minimum atomic E-state index is -0.592. The molecule has 2 aromatic rings. The number of hydrogen-bond acceptors (Lipinski definition) is 2. The Balaban J connectivity index is 1.98. The summed E-state index contributed by atoms with van der Waals surface area (Å²) in [7, 11) is 0. The van der Waals surface area contributed by atoms with Crippen LogP contribution in [0.25, 0.3) is 0 Å². The van der Waals surface area contributed by atoms with Crippen molar-refractivity contribution in [1.82, 2.24) is 5.32 Å². The highest BCUT2D eigenvalue weighted by atomic mass is 79.9. The van der Waals surface area contributed by atoms with E-state index in [1.807, 2.05) is 0 Å². The minimum Gasteiger partial charge on any atom is -0.506 e. The smallest absolute Gasteiger partial charge is 0.134 e. The first-order valence-electron chi connectivity index (χ1n) is 5.69. The van der Waals surface area contributed by atoms with Gasteiger partial charge in [0, 0.05) is 30.3 Å². The van der Waals surface area contributed by atoms with Crippen molar-refractivity contribution in [3.05, 3.63) is 63.6 Å². The van der Waals surface area contributed by atoms with Gasteiger partial charge in [-0.3, -0.25) is 0 Å². The Morgan fingerprint density at radius 2 is 1.79 bits per heavy atom. The van der Waals surface area contributed by atoms with Gasteiger partial charge in [0.2, 0.25) is 0 Å². The predicted octanol–water partition coefficient (Wildman–Crippen LogP) is 3.72. The van der Waals surface area contributed by atoms with Gasteiger partial charge in [-0.25, -0.2) is 8.78 Å². The van der Waals surface area contributed by atoms with E-state index < -0.39 is 11.6 Å². The molecule has 0 radical (unpaired) electrons. The summed E-state index contributed by atoms with van der Waals surface area (Å²) in [6, 6.07) is 8.79. The summed E-state index contributed by atoms with van der Waals surface area (Å²) in [5.74, 6) is -1.01. The molecule has 0 aliphatic heterocycles. The van der Waals surface area contributed by atoms with E-state index in [4.69, 9.17) is 0 Å². The summed E-state index contributed by atoms with van der Waals surface area (Å²) >= 11 is 3.22. The van der Waals surface area contributed by atoms with Crippen LogP contribution in [0.1, 0.15) is 11.1 Å². The maximum absolute atomic E-state index is 13.4.